The van der Waals surface area contributed by atoms with Gasteiger partial charge in [0.15, 0.2) is 34.6 Å². The number of hydrogen-bond donors (Lipinski definition) is 10. The predicted molar refractivity (Wildman–Crippen MR) is 213 cm³/mol. The average Bonchev–Trinajstić information content (AvgIpc) is 3.23. The minimum Gasteiger partial charge on any atom is -0.507 e. The van der Waals surface area contributed by atoms with Gasteiger partial charge >= 0.3 is 5.97 Å². The van der Waals surface area contributed by atoms with E-state index in [2.05, 4.69) is 5.32 Å². The fourth-order valence-electron chi connectivity index (χ4n) is 8.18. The Morgan fingerprint density at radius 2 is 1.32 bits per heavy atom. The third kappa shape index (κ3) is 6.50. The Morgan fingerprint density at radius 1 is 0.698 bits per heavy atom. The lowest BCUT2D eigenvalue weighted by molar-refractivity contribution is -0.232. The smallest absolute Gasteiger partial charge is 0.347 e. The zero-order chi connectivity index (χ0) is 45.7. The number of aromatic hydroxyl groups is 4. The molecule has 0 bridgehead atoms. The molecule has 2 aliphatic carbocycles. The maximum absolute atomic E-state index is 14.3. The number of aliphatic hydroxyl groups excluding tert-OH is 4. The molecule has 0 unspecified atom stereocenters. The number of ketones is 4. The minimum absolute atomic E-state index is 0.0664. The van der Waals surface area contributed by atoms with Gasteiger partial charge in [0, 0.05) is 22.3 Å². The minimum atomic E-state index is -4.83. The zero-order valence-corrected chi connectivity index (χ0v) is 33.3. The van der Waals surface area contributed by atoms with Crippen LogP contribution in [0.25, 0.3) is 0 Å². The van der Waals surface area contributed by atoms with Crippen LogP contribution < -0.4 is 10.1 Å². The Bertz CT molecular complexity index is 3030. The summed E-state index contributed by atoms with van der Waals surface area (Å²) in [5.41, 5.74) is -6.31. The predicted octanol–water partition coefficient (Wildman–Crippen LogP) is 2.40. The lowest BCUT2D eigenvalue weighted by atomic mass is 9.77. The number of carbonyl (C=O) groups is 5. The van der Waals surface area contributed by atoms with Gasteiger partial charge in [0.1, 0.15) is 58.2 Å². The first-order chi connectivity index (χ1) is 29.7. The van der Waals surface area contributed by atoms with Gasteiger partial charge in [0.05, 0.1) is 45.8 Å². The molecule has 1 aliphatic heterocycles. The zero-order valence-electron chi connectivity index (χ0n) is 32.5. The second-order valence-corrected chi connectivity index (χ2v) is 16.4. The molecule has 3 aliphatic rings. The van der Waals surface area contributed by atoms with E-state index in [9.17, 15) is 77.8 Å². The number of phenolic OH excluding ortho intramolecular Hbond substituents is 4. The molecule has 5 aromatic rings. The molecular formula is C43H33NO18S. The highest BCUT2D eigenvalue weighted by Crippen LogP contribution is 2.50. The summed E-state index contributed by atoms with van der Waals surface area (Å²) in [6.07, 6.45) is -9.32. The normalized spacial score (nSPS) is 20.4. The summed E-state index contributed by atoms with van der Waals surface area (Å²) in [6.45, 7) is 1.74. The molecule has 0 aromatic heterocycles. The number of phenols is 4. The molecule has 5 atom stereocenters. The van der Waals surface area contributed by atoms with Crippen LogP contribution in [-0.4, -0.2) is 114 Å². The van der Waals surface area contributed by atoms with Gasteiger partial charge in [-0.3, -0.25) is 23.7 Å². The number of nitrogens with one attached hydrogen (secondary N) is 1. The number of hydrogen-bond acceptors (Lipinski definition) is 18. The van der Waals surface area contributed by atoms with Gasteiger partial charge in [-0.2, -0.15) is 8.42 Å². The summed E-state index contributed by atoms with van der Waals surface area (Å²) in [5.74, 6) is -11.0. The molecule has 324 valence electrons. The van der Waals surface area contributed by atoms with Gasteiger partial charge < -0.3 is 55.6 Å². The van der Waals surface area contributed by atoms with Crippen LogP contribution in [0.3, 0.4) is 0 Å². The number of esters is 1. The van der Waals surface area contributed by atoms with E-state index in [0.29, 0.717) is 11.6 Å². The number of aryl methyl sites for hydroxylation is 1. The van der Waals surface area contributed by atoms with Crippen LogP contribution in [-0.2, 0) is 14.9 Å². The van der Waals surface area contributed by atoms with Crippen LogP contribution in [0, 0.1) is 13.8 Å². The van der Waals surface area contributed by atoms with Crippen molar-refractivity contribution in [1.82, 2.24) is 0 Å². The van der Waals surface area contributed by atoms with Gasteiger partial charge in [-0.15, -0.1) is 0 Å². The van der Waals surface area contributed by atoms with Gasteiger partial charge in [0.25, 0.3) is 10.1 Å². The van der Waals surface area contributed by atoms with Crippen molar-refractivity contribution >= 4 is 50.6 Å². The van der Waals surface area contributed by atoms with Gasteiger partial charge in [0.2, 0.25) is 0 Å². The van der Waals surface area contributed by atoms with Crippen molar-refractivity contribution < 1.29 is 87.3 Å². The molecule has 0 amide bonds. The second kappa shape index (κ2) is 15.1. The number of rotatable bonds is 7. The number of carbonyl (C=O) groups excluding carboxylic acids is 5. The monoisotopic (exact) mass is 883 g/mol. The first kappa shape index (κ1) is 42.6. The third-order valence-corrected chi connectivity index (χ3v) is 12.1. The van der Waals surface area contributed by atoms with Crippen LogP contribution >= 0.6 is 0 Å². The Morgan fingerprint density at radius 3 is 1.95 bits per heavy atom. The van der Waals surface area contributed by atoms with Crippen LogP contribution in [0.2, 0.25) is 0 Å². The molecular weight excluding hydrogens is 851 g/mol. The standard InChI is InChI=1S/C43H33NO18S/c1-14-7-8-19(24(11-14)63(58,59)60)44-20-9-10-22(30-28(20)32(47)16-5-3-4-6-17(16)33(30)48)62-43(57)26-15(2)25-31(39(54)38(26)53)34(49)18-12-21(46)29(37(52)27(18)36(25)51)42-41(56)40(55)35(50)23(13-45)61-42/h3-12,23,35,40-42,44-46,50,52-56H,13H2,1-2H3,(H,58,59,60)/t23-,35-,40+,41-,42+/m1/s1. The van der Waals surface area contributed by atoms with Crippen LogP contribution in [0.15, 0.2) is 65.6 Å². The quantitative estimate of drug-likeness (QED) is 0.0475. The summed E-state index contributed by atoms with van der Waals surface area (Å²) in [6, 6.07) is 12.5. The number of benzene rings is 5. The molecule has 1 heterocycles. The molecule has 10 N–H and O–H groups in total. The first-order valence-electron chi connectivity index (χ1n) is 18.7. The van der Waals surface area contributed by atoms with E-state index >= 15 is 0 Å². The Hall–Kier alpha value is -7.04. The van der Waals surface area contributed by atoms with E-state index in [0.717, 1.165) is 25.1 Å². The lowest BCUT2D eigenvalue weighted by Crippen LogP contribution is -2.55. The molecule has 0 saturated carbocycles. The fraction of sp³-hybridized carbons (Fsp3) is 0.186. The van der Waals surface area contributed by atoms with E-state index in [1.54, 1.807) is 6.92 Å². The molecule has 1 fully saturated rings. The van der Waals surface area contributed by atoms with E-state index in [1.165, 1.54) is 36.4 Å². The lowest BCUT2D eigenvalue weighted by Gasteiger charge is -2.40. The number of fused-ring (bicyclic) bond motifs is 4. The Balaban J connectivity index is 1.23. The molecule has 0 spiro atoms. The van der Waals surface area contributed by atoms with E-state index in [1.807, 2.05) is 0 Å². The highest BCUT2D eigenvalue weighted by atomic mass is 32.2. The SMILES string of the molecule is Cc1ccc(Nc2ccc(OC(=O)c3c(C)c4c(c(O)c3O)C(=O)c3cc(O)c([C@@H]5O[C@H](CO)[C@@H](O)[C@H](O)[C@H]5O)c(O)c3C4=O)c3c2C(=O)c2ccccc2C3=O)c(S(=O)(=O)O)c1. The van der Waals surface area contributed by atoms with Gasteiger partial charge in [-0.05, 0) is 55.3 Å². The molecule has 63 heavy (non-hydrogen) atoms. The fourth-order valence-corrected chi connectivity index (χ4v) is 8.92. The molecule has 0 radical (unpaired) electrons. The maximum atomic E-state index is 14.3. The van der Waals surface area contributed by atoms with Crippen molar-refractivity contribution in [1.29, 1.82) is 0 Å². The van der Waals surface area contributed by atoms with Crippen LogP contribution in [0.5, 0.6) is 28.7 Å². The first-order valence-corrected chi connectivity index (χ1v) is 20.1. The van der Waals surface area contributed by atoms with Crippen LogP contribution in [0.4, 0.5) is 11.4 Å². The van der Waals surface area contributed by atoms with Crippen molar-refractivity contribution in [2.75, 3.05) is 11.9 Å². The summed E-state index contributed by atoms with van der Waals surface area (Å²) in [5, 5.41) is 88.7. The Labute approximate surface area is 354 Å². The van der Waals surface area contributed by atoms with Crippen molar-refractivity contribution in [3.8, 4) is 28.7 Å². The summed E-state index contributed by atoms with van der Waals surface area (Å²) < 4.78 is 45.6. The molecule has 20 heteroatoms. The second-order valence-electron chi connectivity index (χ2n) is 15.0. The highest BCUT2D eigenvalue weighted by Gasteiger charge is 2.48. The van der Waals surface area contributed by atoms with E-state index in [-0.39, 0.29) is 22.5 Å². The van der Waals surface area contributed by atoms with Gasteiger partial charge in [-0.25, -0.2) is 4.79 Å². The number of aliphatic hydroxyl groups is 4. The van der Waals surface area contributed by atoms with Crippen molar-refractivity contribution in [3.05, 3.63) is 127 Å². The van der Waals surface area contributed by atoms with Crippen molar-refractivity contribution in [3.63, 3.8) is 0 Å². The van der Waals surface area contributed by atoms with Crippen molar-refractivity contribution in [2.24, 2.45) is 0 Å². The topological polar surface area (TPSA) is 332 Å². The molecule has 5 aromatic carbocycles. The number of anilines is 2. The third-order valence-electron chi connectivity index (χ3n) is 11.2. The summed E-state index contributed by atoms with van der Waals surface area (Å²) in [4.78, 5) is 70.1. The average molecular weight is 884 g/mol. The van der Waals surface area contributed by atoms with E-state index < -0.39 is 160 Å². The maximum Gasteiger partial charge on any atom is 0.347 e. The highest BCUT2D eigenvalue weighted by molar-refractivity contribution is 7.86. The van der Waals surface area contributed by atoms with Gasteiger partial charge in [-0.1, -0.05) is 30.3 Å². The largest absolute Gasteiger partial charge is 0.507 e. The Kier molecular flexibility index (Phi) is 10.2. The van der Waals surface area contributed by atoms with E-state index in [4.69, 9.17) is 9.47 Å². The number of ether oxygens (including phenoxy) is 2. The molecule has 1 saturated heterocycles. The molecule has 19 nitrogen and oxygen atoms in total. The summed E-state index contributed by atoms with van der Waals surface area (Å²) in [7, 11) is -4.83. The van der Waals surface area contributed by atoms with Crippen molar-refractivity contribution in [2.45, 2.75) is 49.3 Å². The molecule has 8 rings (SSSR count). The van der Waals surface area contributed by atoms with Crippen LogP contribution in [0.1, 0.15) is 96.8 Å². The summed E-state index contributed by atoms with van der Waals surface area (Å²) >= 11 is 0.